The summed E-state index contributed by atoms with van der Waals surface area (Å²) in [7, 11) is 0. The first-order valence-electron chi connectivity index (χ1n) is 6.84. The molecule has 0 aliphatic carbocycles. The van der Waals surface area contributed by atoms with Gasteiger partial charge in [-0.15, -0.1) is 0 Å². The molecule has 0 saturated heterocycles. The van der Waals surface area contributed by atoms with Crippen LogP contribution in [-0.2, 0) is 9.59 Å². The number of carbonyl (C=O) groups is 2. The lowest BCUT2D eigenvalue weighted by Gasteiger charge is -2.20. The van der Waals surface area contributed by atoms with Gasteiger partial charge >= 0.3 is 0 Å². The molecule has 110 valence electrons. The van der Waals surface area contributed by atoms with E-state index in [1.165, 1.54) is 6.92 Å². The number of benzene rings is 1. The van der Waals surface area contributed by atoms with Gasteiger partial charge in [-0.2, -0.15) is 0 Å². The smallest absolute Gasteiger partial charge is 0.244 e. The van der Waals surface area contributed by atoms with Crippen molar-refractivity contribution in [3.8, 4) is 0 Å². The van der Waals surface area contributed by atoms with Crippen molar-refractivity contribution in [2.75, 3.05) is 18.4 Å². The summed E-state index contributed by atoms with van der Waals surface area (Å²) in [6, 6.07) is 7.03. The Morgan fingerprint density at radius 2 is 1.95 bits per heavy atom. The molecule has 20 heavy (non-hydrogen) atoms. The van der Waals surface area contributed by atoms with Crippen molar-refractivity contribution in [2.45, 2.75) is 33.1 Å². The van der Waals surface area contributed by atoms with Gasteiger partial charge in [0.25, 0.3) is 0 Å². The van der Waals surface area contributed by atoms with E-state index in [1.807, 2.05) is 0 Å². The number of hydrogen-bond donors (Lipinski definition) is 1. The number of halogens is 1. The van der Waals surface area contributed by atoms with E-state index in [0.717, 1.165) is 19.3 Å². The summed E-state index contributed by atoms with van der Waals surface area (Å²) >= 11 is 5.97. The molecule has 1 aromatic carbocycles. The van der Waals surface area contributed by atoms with Crippen LogP contribution in [0.15, 0.2) is 24.3 Å². The molecule has 0 atom stereocenters. The Morgan fingerprint density at radius 1 is 1.25 bits per heavy atom. The lowest BCUT2D eigenvalue weighted by Crippen LogP contribution is -2.37. The van der Waals surface area contributed by atoms with Crippen LogP contribution in [0.5, 0.6) is 0 Å². The minimum atomic E-state index is -0.232. The van der Waals surface area contributed by atoms with Gasteiger partial charge < -0.3 is 10.2 Å². The zero-order valence-electron chi connectivity index (χ0n) is 12.0. The second-order valence-electron chi connectivity index (χ2n) is 4.68. The standard InChI is InChI=1S/C15H21ClN2O2/c1-3-4-7-10-18(12(2)19)11-15(20)17-14-9-6-5-8-13(14)16/h5-6,8-9H,3-4,7,10-11H2,1-2H3,(H,17,20). The van der Waals surface area contributed by atoms with Crippen LogP contribution in [0.1, 0.15) is 33.1 Å². The van der Waals surface area contributed by atoms with Crippen molar-refractivity contribution in [1.82, 2.24) is 4.90 Å². The first-order chi connectivity index (χ1) is 9.54. The lowest BCUT2D eigenvalue weighted by molar-refractivity contribution is -0.132. The van der Waals surface area contributed by atoms with Crippen LogP contribution in [0, 0.1) is 0 Å². The summed E-state index contributed by atoms with van der Waals surface area (Å²) in [6.45, 7) is 4.25. The molecule has 0 unspecified atom stereocenters. The molecule has 0 heterocycles. The van der Waals surface area contributed by atoms with Gasteiger partial charge in [0.05, 0.1) is 17.3 Å². The van der Waals surface area contributed by atoms with E-state index >= 15 is 0 Å². The molecule has 4 nitrogen and oxygen atoms in total. The summed E-state index contributed by atoms with van der Waals surface area (Å²) < 4.78 is 0. The van der Waals surface area contributed by atoms with E-state index in [4.69, 9.17) is 11.6 Å². The van der Waals surface area contributed by atoms with E-state index < -0.39 is 0 Å². The van der Waals surface area contributed by atoms with Crippen molar-refractivity contribution in [3.63, 3.8) is 0 Å². The average Bonchev–Trinajstić information content (AvgIpc) is 2.40. The molecule has 0 aliphatic rings. The number of amides is 2. The van der Waals surface area contributed by atoms with Crippen LogP contribution in [0.3, 0.4) is 0 Å². The number of unbranched alkanes of at least 4 members (excludes halogenated alkanes) is 2. The second-order valence-corrected chi connectivity index (χ2v) is 5.08. The quantitative estimate of drug-likeness (QED) is 0.785. The summed E-state index contributed by atoms with van der Waals surface area (Å²) in [4.78, 5) is 25.0. The van der Waals surface area contributed by atoms with Crippen molar-refractivity contribution in [2.24, 2.45) is 0 Å². The van der Waals surface area contributed by atoms with E-state index in [2.05, 4.69) is 12.2 Å². The van der Waals surface area contributed by atoms with Crippen molar-refractivity contribution >= 4 is 29.1 Å². The molecule has 0 fully saturated rings. The van der Waals surface area contributed by atoms with Gasteiger partial charge in [-0.05, 0) is 18.6 Å². The summed E-state index contributed by atoms with van der Waals surface area (Å²) in [5, 5.41) is 3.21. The second kappa shape index (κ2) is 8.59. The Balaban J connectivity index is 2.54. The monoisotopic (exact) mass is 296 g/mol. The van der Waals surface area contributed by atoms with Gasteiger partial charge in [0.1, 0.15) is 0 Å². The topological polar surface area (TPSA) is 49.4 Å². The minimum absolute atomic E-state index is 0.0598. The molecule has 0 radical (unpaired) electrons. The predicted octanol–water partition coefficient (Wildman–Crippen LogP) is 3.32. The molecular formula is C15H21ClN2O2. The van der Waals surface area contributed by atoms with Gasteiger partial charge in [0, 0.05) is 13.5 Å². The van der Waals surface area contributed by atoms with E-state index in [9.17, 15) is 9.59 Å². The average molecular weight is 297 g/mol. The Labute approximate surface area is 125 Å². The third-order valence-corrected chi connectivity index (χ3v) is 3.29. The van der Waals surface area contributed by atoms with Gasteiger partial charge in [0.15, 0.2) is 0 Å². The van der Waals surface area contributed by atoms with Crippen LogP contribution in [0.4, 0.5) is 5.69 Å². The van der Waals surface area contributed by atoms with Gasteiger partial charge in [-0.25, -0.2) is 0 Å². The highest BCUT2D eigenvalue weighted by Gasteiger charge is 2.13. The van der Waals surface area contributed by atoms with Crippen LogP contribution >= 0.6 is 11.6 Å². The number of hydrogen-bond acceptors (Lipinski definition) is 2. The summed E-state index contributed by atoms with van der Waals surface area (Å²) in [5.74, 6) is -0.319. The maximum Gasteiger partial charge on any atom is 0.244 e. The predicted molar refractivity (Wildman–Crippen MR) is 81.9 cm³/mol. The van der Waals surface area contributed by atoms with Crippen LogP contribution < -0.4 is 5.32 Å². The van der Waals surface area contributed by atoms with Gasteiger partial charge in [-0.3, -0.25) is 9.59 Å². The van der Waals surface area contributed by atoms with Crippen molar-refractivity contribution < 1.29 is 9.59 Å². The highest BCUT2D eigenvalue weighted by molar-refractivity contribution is 6.33. The largest absolute Gasteiger partial charge is 0.334 e. The molecule has 0 aliphatic heterocycles. The molecule has 0 bridgehead atoms. The van der Waals surface area contributed by atoms with E-state index in [-0.39, 0.29) is 18.4 Å². The Morgan fingerprint density at radius 3 is 2.55 bits per heavy atom. The molecule has 1 rings (SSSR count). The molecule has 0 spiro atoms. The maximum absolute atomic E-state index is 11.9. The number of nitrogens with one attached hydrogen (secondary N) is 1. The number of nitrogens with zero attached hydrogens (tertiary/aromatic N) is 1. The lowest BCUT2D eigenvalue weighted by atomic mass is 10.2. The van der Waals surface area contributed by atoms with E-state index in [0.29, 0.717) is 17.3 Å². The number of anilines is 1. The third-order valence-electron chi connectivity index (χ3n) is 2.96. The summed E-state index contributed by atoms with van der Waals surface area (Å²) in [5.41, 5.74) is 0.566. The Kier molecular flexibility index (Phi) is 7.09. The minimum Gasteiger partial charge on any atom is -0.334 e. The fourth-order valence-corrected chi connectivity index (χ4v) is 2.01. The molecule has 0 aromatic heterocycles. The van der Waals surface area contributed by atoms with Gasteiger partial charge in [-0.1, -0.05) is 43.5 Å². The maximum atomic E-state index is 11.9. The zero-order valence-corrected chi connectivity index (χ0v) is 12.7. The Hall–Kier alpha value is -1.55. The van der Waals surface area contributed by atoms with Crippen LogP contribution in [0.25, 0.3) is 0 Å². The molecule has 0 saturated carbocycles. The number of rotatable bonds is 7. The third kappa shape index (κ3) is 5.61. The molecule has 1 aromatic rings. The zero-order chi connectivity index (χ0) is 15.0. The van der Waals surface area contributed by atoms with Crippen LogP contribution in [0.2, 0.25) is 5.02 Å². The van der Waals surface area contributed by atoms with Crippen LogP contribution in [-0.4, -0.2) is 29.8 Å². The molecule has 1 N–H and O–H groups in total. The number of carbonyl (C=O) groups excluding carboxylic acids is 2. The molecule has 2 amide bonds. The highest BCUT2D eigenvalue weighted by Crippen LogP contribution is 2.20. The first-order valence-corrected chi connectivity index (χ1v) is 7.22. The fourth-order valence-electron chi connectivity index (χ4n) is 1.83. The van der Waals surface area contributed by atoms with Gasteiger partial charge in [0.2, 0.25) is 11.8 Å². The Bertz CT molecular complexity index is 463. The first kappa shape index (κ1) is 16.5. The molecular weight excluding hydrogens is 276 g/mol. The molecule has 5 heteroatoms. The van der Waals surface area contributed by atoms with E-state index in [1.54, 1.807) is 29.2 Å². The van der Waals surface area contributed by atoms with Crippen molar-refractivity contribution in [1.29, 1.82) is 0 Å². The number of para-hydroxylation sites is 1. The SMILES string of the molecule is CCCCCN(CC(=O)Nc1ccccc1Cl)C(C)=O. The van der Waals surface area contributed by atoms with Crippen molar-refractivity contribution in [3.05, 3.63) is 29.3 Å². The normalized spacial score (nSPS) is 10.2. The fraction of sp³-hybridized carbons (Fsp3) is 0.467. The highest BCUT2D eigenvalue weighted by atomic mass is 35.5. The summed E-state index contributed by atoms with van der Waals surface area (Å²) in [6.07, 6.45) is 3.04.